The molecule has 0 aliphatic carbocycles. The molecule has 1 aliphatic rings. The van der Waals surface area contributed by atoms with Crippen LogP contribution in [0.3, 0.4) is 0 Å². The summed E-state index contributed by atoms with van der Waals surface area (Å²) in [6.07, 6.45) is 2.85. The largest absolute Gasteiger partial charge is 0.357 e. The summed E-state index contributed by atoms with van der Waals surface area (Å²) < 4.78 is 22.8. The number of rotatable bonds is 8. The summed E-state index contributed by atoms with van der Waals surface area (Å²) in [5.74, 6) is 0.777. The SMILES string of the molecule is CCNC(=NCC(C)(C)SC)NCCC(=O)NC1CCS(=O)(=O)C1. The number of amides is 1. The number of thioether (sulfide) groups is 1. The first-order valence-electron chi connectivity index (χ1n) is 8.24. The molecule has 3 N–H and O–H groups in total. The second-order valence-corrected chi connectivity index (χ2v) is 10.2. The van der Waals surface area contributed by atoms with Crippen LogP contribution in [-0.4, -0.2) is 68.5 Å². The fraction of sp³-hybridized carbons (Fsp3) is 0.867. The molecule has 1 unspecified atom stereocenters. The highest BCUT2D eigenvalue weighted by molar-refractivity contribution is 7.99. The second kappa shape index (κ2) is 9.50. The Hall–Kier alpha value is -0.960. The zero-order valence-corrected chi connectivity index (χ0v) is 16.6. The lowest BCUT2D eigenvalue weighted by atomic mass is 10.2. The van der Waals surface area contributed by atoms with E-state index in [1.54, 1.807) is 11.8 Å². The van der Waals surface area contributed by atoms with E-state index >= 15 is 0 Å². The van der Waals surface area contributed by atoms with Gasteiger partial charge in [-0.25, -0.2) is 8.42 Å². The minimum Gasteiger partial charge on any atom is -0.357 e. The monoisotopic (exact) mass is 378 g/mol. The van der Waals surface area contributed by atoms with Crippen LogP contribution < -0.4 is 16.0 Å². The van der Waals surface area contributed by atoms with Gasteiger partial charge < -0.3 is 16.0 Å². The van der Waals surface area contributed by atoms with Crippen LogP contribution in [0.5, 0.6) is 0 Å². The van der Waals surface area contributed by atoms with E-state index in [4.69, 9.17) is 0 Å². The van der Waals surface area contributed by atoms with Gasteiger partial charge in [0.2, 0.25) is 5.91 Å². The lowest BCUT2D eigenvalue weighted by molar-refractivity contribution is -0.121. The Morgan fingerprint density at radius 1 is 1.33 bits per heavy atom. The zero-order chi connectivity index (χ0) is 18.2. The van der Waals surface area contributed by atoms with Crippen molar-refractivity contribution < 1.29 is 13.2 Å². The molecule has 0 saturated carbocycles. The maximum atomic E-state index is 11.9. The van der Waals surface area contributed by atoms with E-state index in [9.17, 15) is 13.2 Å². The van der Waals surface area contributed by atoms with E-state index < -0.39 is 9.84 Å². The van der Waals surface area contributed by atoms with Gasteiger partial charge in [0.25, 0.3) is 0 Å². The van der Waals surface area contributed by atoms with E-state index in [1.165, 1.54) is 0 Å². The molecule has 7 nitrogen and oxygen atoms in total. The van der Waals surface area contributed by atoms with Gasteiger partial charge in [0.05, 0.1) is 18.1 Å². The van der Waals surface area contributed by atoms with Crippen molar-refractivity contribution in [2.75, 3.05) is 37.4 Å². The summed E-state index contributed by atoms with van der Waals surface area (Å²) in [5, 5.41) is 9.08. The molecule has 1 atom stereocenters. The molecule has 1 aliphatic heterocycles. The van der Waals surface area contributed by atoms with E-state index in [0.29, 0.717) is 25.5 Å². The Kier molecular flexibility index (Phi) is 8.35. The minimum atomic E-state index is -2.97. The molecule has 1 fully saturated rings. The number of carbonyl (C=O) groups is 1. The molecule has 0 spiro atoms. The molecule has 0 bridgehead atoms. The summed E-state index contributed by atoms with van der Waals surface area (Å²) in [5.41, 5.74) is 0. The maximum absolute atomic E-state index is 11.9. The van der Waals surface area contributed by atoms with E-state index in [-0.39, 0.29) is 34.6 Å². The van der Waals surface area contributed by atoms with E-state index in [0.717, 1.165) is 6.54 Å². The number of sulfone groups is 1. The third-order valence-electron chi connectivity index (χ3n) is 3.76. The number of hydrogen-bond acceptors (Lipinski definition) is 5. The van der Waals surface area contributed by atoms with Gasteiger partial charge in [0, 0.05) is 30.3 Å². The molecular weight excluding hydrogens is 348 g/mol. The smallest absolute Gasteiger partial charge is 0.222 e. The number of nitrogens with one attached hydrogen (secondary N) is 3. The lowest BCUT2D eigenvalue weighted by Crippen LogP contribution is -2.41. The molecule has 140 valence electrons. The summed E-state index contributed by atoms with van der Waals surface area (Å²) >= 11 is 1.76. The fourth-order valence-corrected chi connectivity index (χ4v) is 4.05. The van der Waals surface area contributed by atoms with Crippen LogP contribution in [0.15, 0.2) is 4.99 Å². The number of carbonyl (C=O) groups excluding carboxylic acids is 1. The molecule has 0 aromatic heterocycles. The molecule has 0 radical (unpaired) electrons. The Labute approximate surface area is 149 Å². The van der Waals surface area contributed by atoms with Crippen molar-refractivity contribution in [2.24, 2.45) is 4.99 Å². The van der Waals surface area contributed by atoms with Crippen LogP contribution in [0.1, 0.15) is 33.6 Å². The summed E-state index contributed by atoms with van der Waals surface area (Å²) in [6, 6.07) is -0.244. The normalized spacial score (nSPS) is 20.7. The minimum absolute atomic E-state index is 0.0556. The van der Waals surface area contributed by atoms with Gasteiger partial charge in [-0.05, 0) is 33.4 Å². The van der Waals surface area contributed by atoms with Gasteiger partial charge in [0.15, 0.2) is 15.8 Å². The molecule has 1 rings (SSSR count). The van der Waals surface area contributed by atoms with Crippen LogP contribution in [0.25, 0.3) is 0 Å². The van der Waals surface area contributed by atoms with Crippen LogP contribution in [-0.2, 0) is 14.6 Å². The van der Waals surface area contributed by atoms with Crippen LogP contribution in [0.2, 0.25) is 0 Å². The van der Waals surface area contributed by atoms with E-state index in [1.807, 2.05) is 6.92 Å². The first kappa shape index (κ1) is 21.1. The van der Waals surface area contributed by atoms with Crippen molar-refractivity contribution in [2.45, 2.75) is 44.4 Å². The second-order valence-electron chi connectivity index (χ2n) is 6.50. The predicted octanol–water partition coefficient (Wildman–Crippen LogP) is 0.377. The van der Waals surface area contributed by atoms with Crippen LogP contribution in [0, 0.1) is 0 Å². The summed E-state index contributed by atoms with van der Waals surface area (Å²) in [7, 11) is -2.97. The molecule has 0 aromatic rings. The van der Waals surface area contributed by atoms with Crippen LogP contribution in [0.4, 0.5) is 0 Å². The molecule has 0 aromatic carbocycles. The highest BCUT2D eigenvalue weighted by atomic mass is 32.2. The maximum Gasteiger partial charge on any atom is 0.222 e. The van der Waals surface area contributed by atoms with Crippen molar-refractivity contribution >= 4 is 33.5 Å². The van der Waals surface area contributed by atoms with Crippen molar-refractivity contribution in [1.82, 2.24) is 16.0 Å². The van der Waals surface area contributed by atoms with Crippen molar-refractivity contribution in [3.05, 3.63) is 0 Å². The number of nitrogens with zero attached hydrogens (tertiary/aromatic N) is 1. The van der Waals surface area contributed by atoms with Gasteiger partial charge in [0.1, 0.15) is 0 Å². The predicted molar refractivity (Wildman–Crippen MR) is 101 cm³/mol. The van der Waals surface area contributed by atoms with Gasteiger partial charge in [-0.15, -0.1) is 0 Å². The van der Waals surface area contributed by atoms with Gasteiger partial charge >= 0.3 is 0 Å². The van der Waals surface area contributed by atoms with Gasteiger partial charge in [-0.1, -0.05) is 0 Å². The molecule has 1 amide bonds. The van der Waals surface area contributed by atoms with Crippen molar-refractivity contribution in [3.8, 4) is 0 Å². The first-order valence-corrected chi connectivity index (χ1v) is 11.3. The topological polar surface area (TPSA) is 99.7 Å². The molecule has 1 saturated heterocycles. The molecule has 1 heterocycles. The summed E-state index contributed by atoms with van der Waals surface area (Å²) in [4.78, 5) is 16.4. The lowest BCUT2D eigenvalue weighted by Gasteiger charge is -2.20. The quantitative estimate of drug-likeness (QED) is 0.417. The number of guanidine groups is 1. The highest BCUT2D eigenvalue weighted by Crippen LogP contribution is 2.20. The Morgan fingerprint density at radius 2 is 2.04 bits per heavy atom. The highest BCUT2D eigenvalue weighted by Gasteiger charge is 2.28. The Balaban J connectivity index is 2.36. The molecule has 9 heteroatoms. The van der Waals surface area contributed by atoms with Crippen LogP contribution >= 0.6 is 11.8 Å². The number of aliphatic imine (C=N–C) groups is 1. The standard InChI is InChI=1S/C15H30N4O3S2/c1-5-16-14(18-11-15(2,3)23-4)17-8-6-13(20)19-12-7-9-24(21,22)10-12/h12H,5-11H2,1-4H3,(H,19,20)(H2,16,17,18). The van der Waals surface area contributed by atoms with Gasteiger partial charge in [-0.3, -0.25) is 9.79 Å². The van der Waals surface area contributed by atoms with Crippen molar-refractivity contribution in [1.29, 1.82) is 0 Å². The average molecular weight is 379 g/mol. The first-order chi connectivity index (χ1) is 11.2. The molecule has 24 heavy (non-hydrogen) atoms. The zero-order valence-electron chi connectivity index (χ0n) is 15.0. The van der Waals surface area contributed by atoms with Crippen molar-refractivity contribution in [3.63, 3.8) is 0 Å². The third-order valence-corrected chi connectivity index (χ3v) is 6.76. The average Bonchev–Trinajstić information content (AvgIpc) is 2.83. The number of hydrogen-bond donors (Lipinski definition) is 3. The third kappa shape index (κ3) is 8.23. The van der Waals surface area contributed by atoms with E-state index in [2.05, 4.69) is 41.0 Å². The Morgan fingerprint density at radius 3 is 2.58 bits per heavy atom. The Bertz CT molecular complexity index is 547. The molecular formula is C15H30N4O3S2. The van der Waals surface area contributed by atoms with Gasteiger partial charge in [-0.2, -0.15) is 11.8 Å². The fourth-order valence-electron chi connectivity index (χ4n) is 2.18. The summed E-state index contributed by atoms with van der Waals surface area (Å²) in [6.45, 7) is 8.13.